The van der Waals surface area contributed by atoms with Crippen LogP contribution in [0.2, 0.25) is 0 Å². The van der Waals surface area contributed by atoms with Crippen LogP contribution in [-0.4, -0.2) is 16.1 Å². The van der Waals surface area contributed by atoms with Crippen molar-refractivity contribution in [2.75, 3.05) is 0 Å². The van der Waals surface area contributed by atoms with E-state index in [9.17, 15) is 4.79 Å². The summed E-state index contributed by atoms with van der Waals surface area (Å²) in [5, 5.41) is 9.73. The molecule has 2 aromatic heterocycles. The van der Waals surface area contributed by atoms with E-state index < -0.39 is 5.97 Å². The number of aromatic carboxylic acids is 1. The molecule has 0 radical (unpaired) electrons. The lowest BCUT2D eigenvalue weighted by atomic mass is 10.2. The lowest BCUT2D eigenvalue weighted by Crippen LogP contribution is -1.94. The van der Waals surface area contributed by atoms with Gasteiger partial charge < -0.3 is 19.2 Å². The average molecular weight is 257 g/mol. The zero-order valence-corrected chi connectivity index (χ0v) is 9.92. The number of ether oxygens (including phenoxy) is 1. The van der Waals surface area contributed by atoms with Crippen molar-refractivity contribution in [2.24, 2.45) is 0 Å². The first kappa shape index (κ1) is 11.4. The van der Waals surface area contributed by atoms with E-state index >= 15 is 0 Å². The van der Waals surface area contributed by atoms with Gasteiger partial charge in [0.1, 0.15) is 18.1 Å². The van der Waals surface area contributed by atoms with Gasteiger partial charge >= 0.3 is 5.97 Å². The lowest BCUT2D eigenvalue weighted by Gasteiger charge is -2.05. The molecule has 0 spiro atoms. The number of furan rings is 1. The minimum absolute atomic E-state index is 0.148. The molecule has 0 aliphatic carbocycles. The van der Waals surface area contributed by atoms with Crippen LogP contribution in [0.4, 0.5) is 0 Å². The molecule has 19 heavy (non-hydrogen) atoms. The summed E-state index contributed by atoms with van der Waals surface area (Å²) < 4.78 is 10.6. The predicted molar refractivity (Wildman–Crippen MR) is 68.3 cm³/mol. The Kier molecular flexibility index (Phi) is 2.72. The third-order valence-corrected chi connectivity index (χ3v) is 2.83. The van der Waals surface area contributed by atoms with E-state index in [0.29, 0.717) is 12.4 Å². The largest absolute Gasteiger partial charge is 0.488 e. The summed E-state index contributed by atoms with van der Waals surface area (Å²) in [7, 11) is 0. The first-order chi connectivity index (χ1) is 9.24. The summed E-state index contributed by atoms with van der Waals surface area (Å²) in [6, 6.07) is 8.83. The minimum Gasteiger partial charge on any atom is -0.488 e. The first-order valence-corrected chi connectivity index (χ1v) is 5.73. The van der Waals surface area contributed by atoms with Gasteiger partial charge in [0, 0.05) is 16.5 Å². The van der Waals surface area contributed by atoms with Gasteiger partial charge in [-0.25, -0.2) is 4.79 Å². The van der Waals surface area contributed by atoms with Crippen LogP contribution in [0.15, 0.2) is 47.3 Å². The van der Waals surface area contributed by atoms with Crippen LogP contribution in [0, 0.1) is 0 Å². The first-order valence-electron chi connectivity index (χ1n) is 5.73. The van der Waals surface area contributed by atoms with E-state index in [1.165, 1.54) is 0 Å². The van der Waals surface area contributed by atoms with Crippen molar-refractivity contribution in [3.63, 3.8) is 0 Å². The topological polar surface area (TPSA) is 75.5 Å². The van der Waals surface area contributed by atoms with E-state index in [4.69, 9.17) is 14.3 Å². The van der Waals surface area contributed by atoms with E-state index in [1.54, 1.807) is 18.6 Å². The highest BCUT2D eigenvalue weighted by Crippen LogP contribution is 2.27. The molecule has 96 valence electrons. The fourth-order valence-electron chi connectivity index (χ4n) is 1.90. The van der Waals surface area contributed by atoms with Gasteiger partial charge in [0.2, 0.25) is 0 Å². The molecule has 5 nitrogen and oxygen atoms in total. The highest BCUT2D eigenvalue weighted by atomic mass is 16.5. The maximum atomic E-state index is 10.9. The van der Waals surface area contributed by atoms with E-state index in [0.717, 1.165) is 16.5 Å². The molecule has 3 aromatic rings. The van der Waals surface area contributed by atoms with E-state index in [1.807, 2.05) is 24.3 Å². The van der Waals surface area contributed by atoms with Crippen molar-refractivity contribution < 1.29 is 19.1 Å². The summed E-state index contributed by atoms with van der Waals surface area (Å²) in [5.41, 5.74) is 1.81. The number of nitrogens with one attached hydrogen (secondary N) is 1. The number of aromatic amines is 1. The number of carboxylic acid groups (broad SMARTS) is 1. The van der Waals surface area contributed by atoms with Crippen molar-refractivity contribution >= 4 is 16.9 Å². The second-order valence-corrected chi connectivity index (χ2v) is 4.13. The number of aromatic nitrogens is 1. The summed E-state index contributed by atoms with van der Waals surface area (Å²) in [6.45, 7) is 0.378. The van der Waals surface area contributed by atoms with Gasteiger partial charge in [-0.05, 0) is 24.3 Å². The van der Waals surface area contributed by atoms with Crippen LogP contribution in [0.1, 0.15) is 16.1 Å². The second kappa shape index (κ2) is 4.53. The molecule has 3 rings (SSSR count). The van der Waals surface area contributed by atoms with Crippen LogP contribution in [0.5, 0.6) is 5.75 Å². The number of fused-ring (bicyclic) bond motifs is 1. The number of hydrogen-bond acceptors (Lipinski definition) is 3. The molecule has 0 saturated carbocycles. The fourth-order valence-corrected chi connectivity index (χ4v) is 1.90. The second-order valence-electron chi connectivity index (χ2n) is 4.13. The summed E-state index contributed by atoms with van der Waals surface area (Å²) in [4.78, 5) is 13.8. The number of carbonyl (C=O) groups is 1. The molecule has 0 aliphatic heterocycles. The Morgan fingerprint density at radius 1 is 1.37 bits per heavy atom. The van der Waals surface area contributed by atoms with Gasteiger partial charge in [-0.15, -0.1) is 0 Å². The summed E-state index contributed by atoms with van der Waals surface area (Å²) in [5.74, 6) is -0.348. The smallest absolute Gasteiger partial charge is 0.352 e. The van der Waals surface area contributed by atoms with Gasteiger partial charge in [-0.2, -0.15) is 0 Å². The predicted octanol–water partition coefficient (Wildman–Crippen LogP) is 3.04. The maximum absolute atomic E-state index is 10.9. The quantitative estimate of drug-likeness (QED) is 0.753. The molecular weight excluding hydrogens is 246 g/mol. The Hall–Kier alpha value is -2.69. The third kappa shape index (κ3) is 2.18. The van der Waals surface area contributed by atoms with Crippen LogP contribution >= 0.6 is 0 Å². The molecular formula is C14H11NO4. The zero-order chi connectivity index (χ0) is 13.2. The van der Waals surface area contributed by atoms with Crippen LogP contribution in [0.25, 0.3) is 10.9 Å². The number of hydrogen-bond donors (Lipinski definition) is 2. The average Bonchev–Trinajstić information content (AvgIpc) is 3.05. The monoisotopic (exact) mass is 257 g/mol. The molecule has 0 bridgehead atoms. The molecule has 0 fully saturated rings. The van der Waals surface area contributed by atoms with Crippen LogP contribution in [-0.2, 0) is 6.61 Å². The zero-order valence-electron chi connectivity index (χ0n) is 9.92. The van der Waals surface area contributed by atoms with Crippen LogP contribution in [0.3, 0.4) is 0 Å². The molecule has 0 unspecified atom stereocenters. The van der Waals surface area contributed by atoms with Crippen LogP contribution < -0.4 is 4.74 Å². The van der Waals surface area contributed by atoms with E-state index in [-0.39, 0.29) is 5.69 Å². The number of carboxylic acids is 1. The van der Waals surface area contributed by atoms with Crippen molar-refractivity contribution in [3.05, 3.63) is 54.1 Å². The Morgan fingerprint density at radius 3 is 3.00 bits per heavy atom. The molecule has 2 N–H and O–H groups in total. The molecule has 0 aliphatic rings. The Morgan fingerprint density at radius 2 is 2.26 bits per heavy atom. The highest BCUT2D eigenvalue weighted by Gasteiger charge is 2.10. The fraction of sp³-hybridized carbons (Fsp3) is 0.0714. The standard InChI is InChI=1S/C14H11NO4/c16-14(17)12-6-10-11(15-12)2-1-3-13(10)19-8-9-4-5-18-7-9/h1-7,15H,8H2,(H,16,17). The SMILES string of the molecule is O=C(O)c1cc2c(OCc3ccoc3)cccc2[nH]1. The maximum Gasteiger partial charge on any atom is 0.352 e. The van der Waals surface area contributed by atoms with Crippen molar-refractivity contribution in [2.45, 2.75) is 6.61 Å². The minimum atomic E-state index is -0.989. The Bertz CT molecular complexity index is 712. The summed E-state index contributed by atoms with van der Waals surface area (Å²) in [6.07, 6.45) is 3.19. The molecule has 1 aromatic carbocycles. The van der Waals surface area contributed by atoms with Gasteiger partial charge in [0.05, 0.1) is 12.5 Å². The molecule has 0 amide bonds. The molecule has 0 atom stereocenters. The van der Waals surface area contributed by atoms with Crippen molar-refractivity contribution in [1.82, 2.24) is 4.98 Å². The number of benzene rings is 1. The van der Waals surface area contributed by atoms with Gasteiger partial charge in [0.25, 0.3) is 0 Å². The Balaban J connectivity index is 1.92. The van der Waals surface area contributed by atoms with Crippen molar-refractivity contribution in [3.8, 4) is 5.75 Å². The summed E-state index contributed by atoms with van der Waals surface area (Å²) >= 11 is 0. The Labute approximate surface area is 108 Å². The van der Waals surface area contributed by atoms with Gasteiger partial charge in [-0.1, -0.05) is 6.07 Å². The van der Waals surface area contributed by atoms with Crippen molar-refractivity contribution in [1.29, 1.82) is 0 Å². The normalized spacial score (nSPS) is 10.7. The number of H-pyrrole nitrogens is 1. The lowest BCUT2D eigenvalue weighted by molar-refractivity contribution is 0.0691. The van der Waals surface area contributed by atoms with Gasteiger partial charge in [0.15, 0.2) is 0 Å². The molecule has 0 saturated heterocycles. The molecule has 5 heteroatoms. The third-order valence-electron chi connectivity index (χ3n) is 2.83. The molecule has 2 heterocycles. The number of rotatable bonds is 4. The van der Waals surface area contributed by atoms with Gasteiger partial charge in [-0.3, -0.25) is 0 Å². The van der Waals surface area contributed by atoms with E-state index in [2.05, 4.69) is 4.98 Å². The highest BCUT2D eigenvalue weighted by molar-refractivity contribution is 5.96.